The minimum Gasteiger partial charge on any atom is -0.352 e. The fraction of sp³-hybridized carbons (Fsp3) is 0.360. The third-order valence-electron chi connectivity index (χ3n) is 6.64. The Hall–Kier alpha value is -2.87. The molecule has 2 aromatic heterocycles. The van der Waals surface area contributed by atoms with Crippen LogP contribution in [0.5, 0.6) is 0 Å². The molecule has 8 heteroatoms. The van der Waals surface area contributed by atoms with Gasteiger partial charge in [-0.25, -0.2) is 0 Å². The molecular weight excluding hydrogens is 445 g/mol. The van der Waals surface area contributed by atoms with E-state index in [1.54, 1.807) is 12.3 Å². The van der Waals surface area contributed by atoms with Gasteiger partial charge in [0.15, 0.2) is 5.11 Å². The number of nitrogens with one attached hydrogen (secondary N) is 1. The second-order valence-electron chi connectivity index (χ2n) is 8.68. The zero-order valence-corrected chi connectivity index (χ0v) is 18.8. The number of rotatable bonds is 4. The van der Waals surface area contributed by atoms with Crippen LogP contribution in [-0.2, 0) is 6.18 Å². The minimum atomic E-state index is -4.40. The summed E-state index contributed by atoms with van der Waals surface area (Å²) in [5.74, 6) is 0. The van der Waals surface area contributed by atoms with Gasteiger partial charge in [0.25, 0.3) is 0 Å². The van der Waals surface area contributed by atoms with E-state index in [1.165, 1.54) is 18.6 Å². The molecule has 1 saturated heterocycles. The SMILES string of the molecule is FC(F)(F)c1cccc(-n2cccc2[C@@H]2[C@@H](c3ccccn3)NC(=S)N2C2CCCCC2)c1. The second kappa shape index (κ2) is 8.82. The fourth-order valence-corrected chi connectivity index (χ4v) is 5.53. The number of hydrogen-bond acceptors (Lipinski definition) is 2. The summed E-state index contributed by atoms with van der Waals surface area (Å²) in [6, 6.07) is 15.0. The number of aromatic nitrogens is 2. The smallest absolute Gasteiger partial charge is 0.352 e. The zero-order valence-electron chi connectivity index (χ0n) is 18.0. The first kappa shape index (κ1) is 21.9. The average molecular weight is 471 g/mol. The van der Waals surface area contributed by atoms with E-state index in [4.69, 9.17) is 12.2 Å². The maximum absolute atomic E-state index is 13.4. The van der Waals surface area contributed by atoms with Gasteiger partial charge in [0.1, 0.15) is 0 Å². The van der Waals surface area contributed by atoms with Crippen molar-refractivity contribution in [3.63, 3.8) is 0 Å². The van der Waals surface area contributed by atoms with Gasteiger partial charge in [0, 0.05) is 29.8 Å². The third-order valence-corrected chi connectivity index (χ3v) is 6.97. The van der Waals surface area contributed by atoms with Crippen molar-refractivity contribution in [2.45, 2.75) is 56.4 Å². The summed E-state index contributed by atoms with van der Waals surface area (Å²) < 4.78 is 42.0. The van der Waals surface area contributed by atoms with Gasteiger partial charge >= 0.3 is 6.18 Å². The van der Waals surface area contributed by atoms with Gasteiger partial charge in [-0.15, -0.1) is 0 Å². The van der Waals surface area contributed by atoms with Gasteiger partial charge in [-0.3, -0.25) is 4.98 Å². The van der Waals surface area contributed by atoms with Crippen molar-refractivity contribution in [3.8, 4) is 5.69 Å². The Morgan fingerprint density at radius 1 is 0.970 bits per heavy atom. The van der Waals surface area contributed by atoms with Gasteiger partial charge < -0.3 is 14.8 Å². The summed E-state index contributed by atoms with van der Waals surface area (Å²) in [5.41, 5.74) is 1.57. The molecule has 4 nitrogen and oxygen atoms in total. The Balaban J connectivity index is 1.60. The summed E-state index contributed by atoms with van der Waals surface area (Å²) >= 11 is 5.81. The van der Waals surface area contributed by atoms with Crippen LogP contribution in [0.15, 0.2) is 67.0 Å². The van der Waals surface area contributed by atoms with Crippen LogP contribution < -0.4 is 5.32 Å². The molecule has 3 heterocycles. The highest BCUT2D eigenvalue weighted by atomic mass is 32.1. The van der Waals surface area contributed by atoms with Gasteiger partial charge in [-0.2, -0.15) is 13.2 Å². The van der Waals surface area contributed by atoms with Crippen molar-refractivity contribution < 1.29 is 13.2 Å². The van der Waals surface area contributed by atoms with Crippen molar-refractivity contribution in [3.05, 3.63) is 83.9 Å². The summed E-state index contributed by atoms with van der Waals surface area (Å²) in [6.45, 7) is 0. The Labute approximate surface area is 196 Å². The van der Waals surface area contributed by atoms with Gasteiger partial charge in [0.05, 0.1) is 23.3 Å². The number of pyridine rings is 1. The molecule has 5 rings (SSSR count). The van der Waals surface area contributed by atoms with Crippen molar-refractivity contribution in [2.75, 3.05) is 0 Å². The Bertz CT molecular complexity index is 1120. The first-order chi connectivity index (χ1) is 15.9. The van der Waals surface area contributed by atoms with Crippen molar-refractivity contribution >= 4 is 17.3 Å². The molecule has 1 saturated carbocycles. The highest BCUT2D eigenvalue weighted by Crippen LogP contribution is 2.43. The van der Waals surface area contributed by atoms with E-state index in [0.717, 1.165) is 43.1 Å². The molecular formula is C25H25F3N4S. The van der Waals surface area contributed by atoms with E-state index < -0.39 is 11.7 Å². The van der Waals surface area contributed by atoms with E-state index in [1.807, 2.05) is 41.1 Å². The van der Waals surface area contributed by atoms with E-state index in [2.05, 4.69) is 15.2 Å². The standard InChI is InChI=1S/C25H25F3N4S/c26-25(27,28)17-8-6-11-19(16-17)31-15-7-13-21(31)23-22(20-12-4-5-14-29-20)30-24(33)32(23)18-9-2-1-3-10-18/h4-8,11-16,18,22-23H,1-3,9-10H2,(H,30,33)/t22-,23-/m1/s1. The predicted octanol–water partition coefficient (Wildman–Crippen LogP) is 6.20. The molecule has 2 aliphatic rings. The molecule has 2 atom stereocenters. The zero-order chi connectivity index (χ0) is 23.0. The molecule has 172 valence electrons. The summed E-state index contributed by atoms with van der Waals surface area (Å²) in [5, 5.41) is 4.15. The highest BCUT2D eigenvalue weighted by molar-refractivity contribution is 7.80. The first-order valence-corrected chi connectivity index (χ1v) is 11.7. The van der Waals surface area contributed by atoms with E-state index in [9.17, 15) is 13.2 Å². The van der Waals surface area contributed by atoms with Crippen molar-refractivity contribution in [2.24, 2.45) is 0 Å². The fourth-order valence-electron chi connectivity index (χ4n) is 5.14. The van der Waals surface area contributed by atoms with E-state index in [-0.39, 0.29) is 12.1 Å². The molecule has 1 aliphatic heterocycles. The topological polar surface area (TPSA) is 33.1 Å². The largest absolute Gasteiger partial charge is 0.416 e. The van der Waals surface area contributed by atoms with Crippen LogP contribution in [0.2, 0.25) is 0 Å². The molecule has 0 radical (unpaired) electrons. The number of nitrogens with zero attached hydrogens (tertiary/aromatic N) is 3. The van der Waals surface area contributed by atoms with Gasteiger partial charge in [-0.1, -0.05) is 31.4 Å². The van der Waals surface area contributed by atoms with Gasteiger partial charge in [-0.05, 0) is 67.5 Å². The molecule has 0 unspecified atom stereocenters. The lowest BCUT2D eigenvalue weighted by Gasteiger charge is -2.37. The lowest BCUT2D eigenvalue weighted by atomic mass is 9.92. The second-order valence-corrected chi connectivity index (χ2v) is 9.06. The lowest BCUT2D eigenvalue weighted by molar-refractivity contribution is -0.137. The number of thiocarbonyl (C=S) groups is 1. The first-order valence-electron chi connectivity index (χ1n) is 11.3. The number of halogens is 3. The summed E-state index contributed by atoms with van der Waals surface area (Å²) in [4.78, 5) is 6.85. The third kappa shape index (κ3) is 4.24. The molecule has 2 fully saturated rings. The van der Waals surface area contributed by atoms with E-state index in [0.29, 0.717) is 16.8 Å². The summed E-state index contributed by atoms with van der Waals surface area (Å²) in [7, 11) is 0. The van der Waals surface area contributed by atoms with Crippen LogP contribution >= 0.6 is 12.2 Å². The number of benzene rings is 1. The van der Waals surface area contributed by atoms with Crippen LogP contribution in [0, 0.1) is 0 Å². The molecule has 1 aromatic carbocycles. The van der Waals surface area contributed by atoms with Crippen LogP contribution in [0.4, 0.5) is 13.2 Å². The number of hydrogen-bond donors (Lipinski definition) is 1. The molecule has 33 heavy (non-hydrogen) atoms. The molecule has 0 spiro atoms. The molecule has 3 aromatic rings. The Morgan fingerprint density at radius 2 is 1.79 bits per heavy atom. The van der Waals surface area contributed by atoms with Crippen molar-refractivity contribution in [1.29, 1.82) is 0 Å². The van der Waals surface area contributed by atoms with Crippen LogP contribution in [0.3, 0.4) is 0 Å². The molecule has 1 N–H and O–H groups in total. The maximum atomic E-state index is 13.4. The van der Waals surface area contributed by atoms with Crippen molar-refractivity contribution in [1.82, 2.24) is 19.8 Å². The maximum Gasteiger partial charge on any atom is 0.416 e. The number of alkyl halides is 3. The Kier molecular flexibility index (Phi) is 5.86. The van der Waals surface area contributed by atoms with Crippen LogP contribution in [0.1, 0.15) is 61.1 Å². The quantitative estimate of drug-likeness (QED) is 0.461. The van der Waals surface area contributed by atoms with Crippen LogP contribution in [0.25, 0.3) is 5.69 Å². The Morgan fingerprint density at radius 3 is 2.52 bits per heavy atom. The molecule has 1 aliphatic carbocycles. The monoisotopic (exact) mass is 470 g/mol. The lowest BCUT2D eigenvalue weighted by Crippen LogP contribution is -2.40. The molecule has 0 bridgehead atoms. The highest BCUT2D eigenvalue weighted by Gasteiger charge is 2.44. The minimum absolute atomic E-state index is 0.181. The van der Waals surface area contributed by atoms with E-state index >= 15 is 0 Å². The average Bonchev–Trinajstić information content (AvgIpc) is 3.44. The van der Waals surface area contributed by atoms with Gasteiger partial charge in [0.2, 0.25) is 0 Å². The summed E-state index contributed by atoms with van der Waals surface area (Å²) in [6.07, 6.45) is 4.81. The molecule has 0 amide bonds. The normalized spacial score (nSPS) is 21.9. The van der Waals surface area contributed by atoms with Crippen LogP contribution in [-0.4, -0.2) is 25.6 Å². The predicted molar refractivity (Wildman–Crippen MR) is 125 cm³/mol.